The summed E-state index contributed by atoms with van der Waals surface area (Å²) >= 11 is 0. The van der Waals surface area contributed by atoms with E-state index in [4.69, 9.17) is 9.15 Å². The smallest absolute Gasteiger partial charge is 0.200 e. The molecule has 0 atom stereocenters. The van der Waals surface area contributed by atoms with Crippen LogP contribution in [0.15, 0.2) is 216 Å². The number of hydrogen-bond acceptors (Lipinski definition) is 4. The number of rotatable bonds is 7. The van der Waals surface area contributed by atoms with Gasteiger partial charge in [-0.15, -0.1) is 0 Å². The van der Waals surface area contributed by atoms with Crippen LogP contribution in [-0.2, 0) is 0 Å². The fourth-order valence-electron chi connectivity index (χ4n) is 8.80. The van der Waals surface area contributed by atoms with Gasteiger partial charge in [-0.25, -0.2) is 0 Å². The molecule has 0 aliphatic carbocycles. The second-order valence-electron chi connectivity index (χ2n) is 15.2. The van der Waals surface area contributed by atoms with E-state index in [2.05, 4.69) is 144 Å². The number of para-hydroxylation sites is 5. The monoisotopic (exact) mass is 786 g/mol. The van der Waals surface area contributed by atoms with Crippen LogP contribution in [-0.4, -0.2) is 4.57 Å². The molecular weight excluding hydrogens is 749 g/mol. The maximum atomic E-state index is 13.3. The summed E-state index contributed by atoms with van der Waals surface area (Å²) in [7, 11) is 0. The van der Waals surface area contributed by atoms with Gasteiger partial charge in [-0.05, 0) is 131 Å². The normalized spacial score (nSPS) is 12.6. The van der Waals surface area contributed by atoms with Gasteiger partial charge in [-0.1, -0.05) is 116 Å². The quantitative estimate of drug-likeness (QED) is 0.119. The number of ether oxygens (including phenoxy) is 1. The lowest BCUT2D eigenvalue weighted by atomic mass is 9.97. The summed E-state index contributed by atoms with van der Waals surface area (Å²) in [5.74, 6) is 1.63. The van der Waals surface area contributed by atoms with Crippen molar-refractivity contribution >= 4 is 66.4 Å². The molecule has 1 aliphatic heterocycles. The number of nitrogens with zero attached hydrogens (tertiary/aromatic N) is 2. The van der Waals surface area contributed by atoms with E-state index in [0.29, 0.717) is 21.9 Å². The molecule has 5 heteroatoms. The number of aromatic nitrogens is 1. The molecule has 11 rings (SSSR count). The number of anilines is 3. The van der Waals surface area contributed by atoms with Crippen molar-refractivity contribution in [2.24, 2.45) is 0 Å². The zero-order chi connectivity index (χ0) is 41.0. The van der Waals surface area contributed by atoms with Gasteiger partial charge in [-0.3, -0.25) is 4.79 Å². The van der Waals surface area contributed by atoms with Crippen LogP contribution < -0.4 is 15.1 Å². The lowest BCUT2D eigenvalue weighted by Crippen LogP contribution is -2.15. The van der Waals surface area contributed by atoms with E-state index in [1.165, 1.54) is 0 Å². The minimum atomic E-state index is -0.0187. The first kappa shape index (κ1) is 36.0. The van der Waals surface area contributed by atoms with Gasteiger partial charge in [0.05, 0.1) is 33.2 Å². The fourth-order valence-corrected chi connectivity index (χ4v) is 8.80. The van der Waals surface area contributed by atoms with E-state index in [0.717, 1.165) is 89.4 Å². The number of benzene rings is 8. The molecule has 2 aromatic heterocycles. The first-order chi connectivity index (χ1) is 30.1. The molecule has 0 saturated heterocycles. The highest BCUT2D eigenvalue weighted by Gasteiger charge is 2.26. The molecule has 1 aliphatic rings. The van der Waals surface area contributed by atoms with Crippen molar-refractivity contribution in [3.8, 4) is 39.4 Å². The molecule has 0 bridgehead atoms. The number of allylic oxidation sites excluding steroid dienone is 5. The van der Waals surface area contributed by atoms with Crippen LogP contribution in [0, 0.1) is 0 Å². The molecule has 290 valence electrons. The van der Waals surface area contributed by atoms with Gasteiger partial charge < -0.3 is 18.6 Å². The van der Waals surface area contributed by atoms with Crippen molar-refractivity contribution in [3.63, 3.8) is 0 Å². The summed E-state index contributed by atoms with van der Waals surface area (Å²) in [6.45, 7) is 5.96. The largest absolute Gasteiger partial charge is 0.456 e. The van der Waals surface area contributed by atoms with Gasteiger partial charge in [0.25, 0.3) is 0 Å². The molecule has 0 fully saturated rings. The second-order valence-corrected chi connectivity index (χ2v) is 15.2. The van der Waals surface area contributed by atoms with E-state index < -0.39 is 0 Å². The van der Waals surface area contributed by atoms with Crippen LogP contribution in [0.2, 0.25) is 0 Å². The fraction of sp³-hybridized carbons (Fsp3) is 0.0179. The lowest BCUT2D eigenvalue weighted by molar-refractivity contribution is 0.477. The summed E-state index contributed by atoms with van der Waals surface area (Å²) in [4.78, 5) is 15.6. The predicted molar refractivity (Wildman–Crippen MR) is 253 cm³/mol. The lowest BCUT2D eigenvalue weighted by Gasteiger charge is -2.32. The van der Waals surface area contributed by atoms with Crippen molar-refractivity contribution in [1.82, 2.24) is 4.57 Å². The summed E-state index contributed by atoms with van der Waals surface area (Å²) in [5, 5.41) is 3.46. The van der Waals surface area contributed by atoms with Crippen molar-refractivity contribution in [2.45, 2.75) is 6.92 Å². The van der Waals surface area contributed by atoms with Gasteiger partial charge in [0.15, 0.2) is 11.5 Å². The predicted octanol–water partition coefficient (Wildman–Crippen LogP) is 15.1. The molecule has 5 nitrogen and oxygen atoms in total. The van der Waals surface area contributed by atoms with Crippen LogP contribution in [0.3, 0.4) is 0 Å². The second kappa shape index (κ2) is 14.6. The molecule has 8 aromatic carbocycles. The Morgan fingerprint density at radius 2 is 1.21 bits per heavy atom. The van der Waals surface area contributed by atoms with Crippen LogP contribution in [0.1, 0.15) is 12.5 Å². The number of hydrogen-bond donors (Lipinski definition) is 0. The first-order valence-corrected chi connectivity index (χ1v) is 20.4. The molecule has 3 heterocycles. The summed E-state index contributed by atoms with van der Waals surface area (Å²) < 4.78 is 15.0. The third-order valence-electron chi connectivity index (χ3n) is 11.7. The number of fused-ring (bicyclic) bond motifs is 7. The Bertz CT molecular complexity index is 3480. The summed E-state index contributed by atoms with van der Waals surface area (Å²) in [5.41, 5.74) is 13.9. The Morgan fingerprint density at radius 3 is 2.00 bits per heavy atom. The average molecular weight is 787 g/mol. The van der Waals surface area contributed by atoms with Gasteiger partial charge >= 0.3 is 0 Å². The molecule has 10 aromatic rings. The topological polar surface area (TPSA) is 47.6 Å². The Hall–Kier alpha value is -8.15. The molecule has 0 unspecified atom stereocenters. The SMILES string of the molecule is C=C/C=C\C(=C/C)c1cccc(-n2c3ccc(-c4cccc(-c5ccc6c(=O)c7ccccc7oc6c5)c4)cc3c3ccc(N4c5ccccc5Oc5ccccc54)cc32)c1. The van der Waals surface area contributed by atoms with Crippen LogP contribution in [0.25, 0.3) is 77.3 Å². The van der Waals surface area contributed by atoms with Crippen molar-refractivity contribution in [1.29, 1.82) is 0 Å². The van der Waals surface area contributed by atoms with Crippen LogP contribution in [0.4, 0.5) is 17.1 Å². The average Bonchev–Trinajstić information content (AvgIpc) is 3.64. The standard InChI is InChI=1S/C56H38N2O3/c1-3-5-14-36(4-2)39-17-13-18-42(32-39)57-48-30-26-40(37-15-12-16-38(31-37)41-25-28-46-55(34-41)60-52-22-9-6-19-45(52)56(46)59)33-47(48)44-29-27-43(35-51(44)57)58-49-20-7-10-23-53(49)61-54-24-11-8-21-50(54)58/h3-35H,1H2,2H3/b14-5-,36-4+. The van der Waals surface area contributed by atoms with Crippen molar-refractivity contribution < 1.29 is 9.15 Å². The van der Waals surface area contributed by atoms with E-state index in [9.17, 15) is 4.79 Å². The highest BCUT2D eigenvalue weighted by molar-refractivity contribution is 6.12. The minimum absolute atomic E-state index is 0.0187. The third kappa shape index (κ3) is 6.06. The highest BCUT2D eigenvalue weighted by atomic mass is 16.5. The van der Waals surface area contributed by atoms with E-state index in [1.807, 2.05) is 72.8 Å². The maximum Gasteiger partial charge on any atom is 0.200 e. The maximum absolute atomic E-state index is 13.3. The molecule has 0 spiro atoms. The van der Waals surface area contributed by atoms with Gasteiger partial charge in [0.1, 0.15) is 11.2 Å². The molecule has 0 N–H and O–H groups in total. The van der Waals surface area contributed by atoms with Crippen molar-refractivity contribution in [3.05, 3.63) is 223 Å². The van der Waals surface area contributed by atoms with Crippen LogP contribution in [0.5, 0.6) is 11.5 Å². The molecule has 61 heavy (non-hydrogen) atoms. The zero-order valence-corrected chi connectivity index (χ0v) is 33.4. The van der Waals surface area contributed by atoms with E-state index in [1.54, 1.807) is 6.08 Å². The summed E-state index contributed by atoms with van der Waals surface area (Å²) in [6.07, 6.45) is 8.01. The minimum Gasteiger partial charge on any atom is -0.456 e. The molecule has 0 saturated carbocycles. The van der Waals surface area contributed by atoms with Crippen LogP contribution >= 0.6 is 0 Å². The van der Waals surface area contributed by atoms with Crippen molar-refractivity contribution in [2.75, 3.05) is 4.90 Å². The highest BCUT2D eigenvalue weighted by Crippen LogP contribution is 2.51. The first-order valence-electron chi connectivity index (χ1n) is 20.4. The Kier molecular flexibility index (Phi) is 8.60. The van der Waals surface area contributed by atoms with Gasteiger partial charge in [-0.2, -0.15) is 0 Å². The van der Waals surface area contributed by atoms with Gasteiger partial charge in [0, 0.05) is 22.1 Å². The Morgan fingerprint density at radius 1 is 0.541 bits per heavy atom. The molecule has 0 amide bonds. The van der Waals surface area contributed by atoms with E-state index >= 15 is 0 Å². The van der Waals surface area contributed by atoms with Gasteiger partial charge in [0.2, 0.25) is 5.43 Å². The summed E-state index contributed by atoms with van der Waals surface area (Å²) in [6, 6.07) is 60.5. The molecular formula is C56H38N2O3. The Labute approximate surface area is 352 Å². The van der Waals surface area contributed by atoms with E-state index in [-0.39, 0.29) is 5.43 Å². The Balaban J connectivity index is 1.08. The third-order valence-corrected chi connectivity index (χ3v) is 11.7. The zero-order valence-electron chi connectivity index (χ0n) is 33.4. The molecule has 0 radical (unpaired) electrons.